The first-order valence-electron chi connectivity index (χ1n) is 4.81. The molecule has 1 rings (SSSR count). The summed E-state index contributed by atoms with van der Waals surface area (Å²) >= 11 is 0. The van der Waals surface area contributed by atoms with E-state index in [0.717, 1.165) is 13.1 Å². The summed E-state index contributed by atoms with van der Waals surface area (Å²) in [6, 6.07) is -0.160. The predicted octanol–water partition coefficient (Wildman–Crippen LogP) is -0.253. The van der Waals surface area contributed by atoms with Crippen molar-refractivity contribution < 1.29 is 9.53 Å². The molecule has 1 saturated heterocycles. The fraction of sp³-hybridized carbons (Fsp3) is 0.889. The molecule has 1 fully saturated rings. The van der Waals surface area contributed by atoms with Gasteiger partial charge in [0.05, 0.1) is 6.61 Å². The number of ether oxygens (including phenoxy) is 1. The molecule has 0 aromatic heterocycles. The molecule has 0 aliphatic carbocycles. The van der Waals surface area contributed by atoms with Crippen LogP contribution in [0.4, 0.5) is 0 Å². The average Bonchev–Trinajstić information content (AvgIpc) is 2.15. The summed E-state index contributed by atoms with van der Waals surface area (Å²) < 4.78 is 5.10. The molecule has 1 aliphatic rings. The molecule has 0 aromatic carbocycles. The second-order valence-corrected chi connectivity index (χ2v) is 3.73. The van der Waals surface area contributed by atoms with E-state index in [2.05, 4.69) is 10.6 Å². The summed E-state index contributed by atoms with van der Waals surface area (Å²) in [5.74, 6) is 0.265. The number of esters is 1. The number of rotatable bonds is 3. The van der Waals surface area contributed by atoms with Crippen molar-refractivity contribution in [1.82, 2.24) is 10.6 Å². The molecule has 4 nitrogen and oxygen atoms in total. The highest BCUT2D eigenvalue weighted by Crippen LogP contribution is 1.96. The molecule has 13 heavy (non-hydrogen) atoms. The van der Waals surface area contributed by atoms with Crippen LogP contribution in [0, 0.1) is 5.92 Å². The van der Waals surface area contributed by atoms with Crippen molar-refractivity contribution in [2.24, 2.45) is 5.92 Å². The smallest absolute Gasteiger partial charge is 0.324 e. The van der Waals surface area contributed by atoms with Crippen LogP contribution in [0.1, 0.15) is 13.8 Å². The van der Waals surface area contributed by atoms with E-state index in [9.17, 15) is 4.79 Å². The van der Waals surface area contributed by atoms with Crippen molar-refractivity contribution in [2.45, 2.75) is 19.9 Å². The zero-order valence-electron chi connectivity index (χ0n) is 8.30. The molecule has 1 atom stereocenters. The lowest BCUT2D eigenvalue weighted by atomic mass is 10.2. The van der Waals surface area contributed by atoms with Gasteiger partial charge in [-0.1, -0.05) is 13.8 Å². The maximum atomic E-state index is 11.4. The molecule has 0 bridgehead atoms. The summed E-state index contributed by atoms with van der Waals surface area (Å²) in [6.07, 6.45) is 0. The molecule has 76 valence electrons. The summed E-state index contributed by atoms with van der Waals surface area (Å²) in [5.41, 5.74) is 0. The third-order valence-electron chi connectivity index (χ3n) is 1.88. The SMILES string of the molecule is CC(C)COC(=O)C1CNCCN1. The molecule has 0 amide bonds. The number of hydrogen-bond acceptors (Lipinski definition) is 4. The Hall–Kier alpha value is -0.610. The summed E-state index contributed by atoms with van der Waals surface area (Å²) in [6.45, 7) is 7.00. The van der Waals surface area contributed by atoms with Gasteiger partial charge in [0.2, 0.25) is 0 Å². The van der Waals surface area contributed by atoms with Gasteiger partial charge in [-0.2, -0.15) is 0 Å². The molecule has 1 heterocycles. The molecule has 2 N–H and O–H groups in total. The van der Waals surface area contributed by atoms with Gasteiger partial charge in [-0.25, -0.2) is 0 Å². The van der Waals surface area contributed by atoms with Crippen LogP contribution >= 0.6 is 0 Å². The monoisotopic (exact) mass is 186 g/mol. The first-order chi connectivity index (χ1) is 6.20. The predicted molar refractivity (Wildman–Crippen MR) is 50.5 cm³/mol. The minimum atomic E-state index is -0.160. The topological polar surface area (TPSA) is 50.4 Å². The van der Waals surface area contributed by atoms with Gasteiger partial charge in [0.15, 0.2) is 0 Å². The zero-order chi connectivity index (χ0) is 9.68. The third-order valence-corrected chi connectivity index (χ3v) is 1.88. The van der Waals surface area contributed by atoms with E-state index < -0.39 is 0 Å². The number of carbonyl (C=O) groups is 1. The van der Waals surface area contributed by atoms with Gasteiger partial charge in [-0.15, -0.1) is 0 Å². The Morgan fingerprint density at radius 3 is 2.85 bits per heavy atom. The van der Waals surface area contributed by atoms with E-state index in [1.54, 1.807) is 0 Å². The Morgan fingerprint density at radius 1 is 1.54 bits per heavy atom. The van der Waals surface area contributed by atoms with Crippen molar-refractivity contribution >= 4 is 5.97 Å². The van der Waals surface area contributed by atoms with Gasteiger partial charge in [0, 0.05) is 19.6 Å². The fourth-order valence-electron chi connectivity index (χ4n) is 1.17. The molecule has 0 saturated carbocycles. The van der Waals surface area contributed by atoms with Gasteiger partial charge in [-0.3, -0.25) is 4.79 Å². The molecule has 0 aromatic rings. The van der Waals surface area contributed by atoms with E-state index in [-0.39, 0.29) is 12.0 Å². The second kappa shape index (κ2) is 5.19. The van der Waals surface area contributed by atoms with Gasteiger partial charge < -0.3 is 15.4 Å². The fourth-order valence-corrected chi connectivity index (χ4v) is 1.17. The normalized spacial score (nSPS) is 23.2. The van der Waals surface area contributed by atoms with Gasteiger partial charge >= 0.3 is 5.97 Å². The minimum absolute atomic E-state index is 0.138. The van der Waals surface area contributed by atoms with Crippen LogP contribution in [0.15, 0.2) is 0 Å². The van der Waals surface area contributed by atoms with Crippen molar-refractivity contribution in [3.8, 4) is 0 Å². The maximum Gasteiger partial charge on any atom is 0.324 e. The van der Waals surface area contributed by atoms with E-state index in [0.29, 0.717) is 19.1 Å². The highest BCUT2D eigenvalue weighted by atomic mass is 16.5. The summed E-state index contributed by atoms with van der Waals surface area (Å²) in [5, 5.41) is 6.25. The average molecular weight is 186 g/mol. The third kappa shape index (κ3) is 3.74. The van der Waals surface area contributed by atoms with Crippen LogP contribution in [0.5, 0.6) is 0 Å². The Bertz CT molecular complexity index is 165. The highest BCUT2D eigenvalue weighted by molar-refractivity contribution is 5.76. The largest absolute Gasteiger partial charge is 0.464 e. The summed E-state index contributed by atoms with van der Waals surface area (Å²) in [7, 11) is 0. The summed E-state index contributed by atoms with van der Waals surface area (Å²) in [4.78, 5) is 11.4. The minimum Gasteiger partial charge on any atom is -0.464 e. The molecule has 4 heteroatoms. The number of carbonyl (C=O) groups excluding carboxylic acids is 1. The standard InChI is InChI=1S/C9H18N2O2/c1-7(2)6-13-9(12)8-5-10-3-4-11-8/h7-8,10-11H,3-6H2,1-2H3. The molecule has 1 unspecified atom stereocenters. The Morgan fingerprint density at radius 2 is 2.31 bits per heavy atom. The van der Waals surface area contributed by atoms with Crippen molar-refractivity contribution in [3.63, 3.8) is 0 Å². The lowest BCUT2D eigenvalue weighted by molar-refractivity contribution is -0.147. The Balaban J connectivity index is 2.21. The second-order valence-electron chi connectivity index (χ2n) is 3.73. The van der Waals surface area contributed by atoms with Crippen molar-refractivity contribution in [3.05, 3.63) is 0 Å². The molecule has 0 spiro atoms. The molecular weight excluding hydrogens is 168 g/mol. The molecule has 1 aliphatic heterocycles. The Kier molecular flexibility index (Phi) is 4.18. The van der Waals surface area contributed by atoms with Crippen molar-refractivity contribution in [2.75, 3.05) is 26.2 Å². The highest BCUT2D eigenvalue weighted by Gasteiger charge is 2.21. The van der Waals surface area contributed by atoms with Crippen LogP contribution in [-0.4, -0.2) is 38.3 Å². The van der Waals surface area contributed by atoms with E-state index >= 15 is 0 Å². The van der Waals surface area contributed by atoms with Gasteiger partial charge in [-0.05, 0) is 5.92 Å². The van der Waals surface area contributed by atoms with E-state index in [1.165, 1.54) is 0 Å². The van der Waals surface area contributed by atoms with Gasteiger partial charge in [0.25, 0.3) is 0 Å². The van der Waals surface area contributed by atoms with E-state index in [1.807, 2.05) is 13.8 Å². The maximum absolute atomic E-state index is 11.4. The number of piperazine rings is 1. The van der Waals surface area contributed by atoms with Gasteiger partial charge in [0.1, 0.15) is 6.04 Å². The van der Waals surface area contributed by atoms with Crippen LogP contribution in [0.2, 0.25) is 0 Å². The number of nitrogens with one attached hydrogen (secondary N) is 2. The quantitative estimate of drug-likeness (QED) is 0.597. The van der Waals surface area contributed by atoms with Crippen LogP contribution < -0.4 is 10.6 Å². The lowest BCUT2D eigenvalue weighted by Crippen LogP contribution is -2.52. The molecular formula is C9H18N2O2. The lowest BCUT2D eigenvalue weighted by Gasteiger charge is -2.23. The van der Waals surface area contributed by atoms with Crippen LogP contribution in [0.3, 0.4) is 0 Å². The molecule has 0 radical (unpaired) electrons. The van der Waals surface area contributed by atoms with E-state index in [4.69, 9.17) is 4.74 Å². The number of hydrogen-bond donors (Lipinski definition) is 2. The Labute approximate surface area is 79.0 Å². The van der Waals surface area contributed by atoms with Crippen LogP contribution in [-0.2, 0) is 9.53 Å². The first kappa shape index (κ1) is 10.5. The van der Waals surface area contributed by atoms with Crippen molar-refractivity contribution in [1.29, 1.82) is 0 Å². The first-order valence-corrected chi connectivity index (χ1v) is 4.81. The van der Waals surface area contributed by atoms with Crippen LogP contribution in [0.25, 0.3) is 0 Å². The zero-order valence-corrected chi connectivity index (χ0v) is 8.30.